The van der Waals surface area contributed by atoms with E-state index < -0.39 is 11.1 Å². The number of hydrogen-bond acceptors (Lipinski definition) is 4. The molecule has 1 aromatic carbocycles. The van der Waals surface area contributed by atoms with E-state index in [9.17, 15) is 14.9 Å². The molecule has 0 radical (unpaired) electrons. The fourth-order valence-electron chi connectivity index (χ4n) is 0.737. The molecule has 1 N–H and O–H groups in total. The number of carbonyl (C=O) groups is 1. The Hall–Kier alpha value is -2.37. The molecule has 0 saturated carbocycles. The molecule has 0 aliphatic rings. The summed E-state index contributed by atoms with van der Waals surface area (Å²) < 4.78 is 4.24. The van der Waals surface area contributed by atoms with Crippen molar-refractivity contribution in [2.75, 3.05) is 0 Å². The van der Waals surface area contributed by atoms with Gasteiger partial charge in [0, 0.05) is 12.1 Å². The molecule has 0 aliphatic carbocycles. The van der Waals surface area contributed by atoms with Crippen molar-refractivity contribution in [3.05, 3.63) is 47.5 Å². The quantitative estimate of drug-likeness (QED) is 0.285. The minimum atomic E-state index is -1.45. The molecule has 0 spiro atoms. The van der Waals surface area contributed by atoms with Gasteiger partial charge in [0.15, 0.2) is 0 Å². The topological polar surface area (TPSA) is 89.7 Å². The van der Waals surface area contributed by atoms with Crippen LogP contribution in [-0.4, -0.2) is 16.2 Å². The molecule has 0 aromatic heterocycles. The van der Waals surface area contributed by atoms with Gasteiger partial charge in [-0.3, -0.25) is 10.1 Å². The van der Waals surface area contributed by atoms with Gasteiger partial charge < -0.3 is 9.84 Å². The molecule has 6 heteroatoms. The van der Waals surface area contributed by atoms with Gasteiger partial charge in [-0.05, 0) is 12.1 Å². The van der Waals surface area contributed by atoms with Gasteiger partial charge in [0.2, 0.25) is 0 Å². The summed E-state index contributed by atoms with van der Waals surface area (Å²) in [5.74, 6) is 0.0538. The maximum Gasteiger partial charge on any atom is 0.511 e. The molecule has 0 saturated heterocycles. The maximum atomic E-state index is 10.2. The van der Waals surface area contributed by atoms with E-state index in [1.165, 1.54) is 18.6 Å². The molecular weight excluding hydrogens is 238 g/mol. The van der Waals surface area contributed by atoms with Crippen LogP contribution in [0.5, 0.6) is 5.75 Å². The van der Waals surface area contributed by atoms with Crippen molar-refractivity contribution in [3.63, 3.8) is 0 Å². The van der Waals surface area contributed by atoms with Crippen molar-refractivity contribution in [2.45, 2.75) is 20.3 Å². The van der Waals surface area contributed by atoms with E-state index >= 15 is 0 Å². The Bertz CT molecular complexity index is 361. The second-order valence-electron chi connectivity index (χ2n) is 2.83. The third-order valence-electron chi connectivity index (χ3n) is 1.25. The standard InChI is InChI=1S/C7H5NO5.C3H8.C2H4/c9-7(10)13-6-3-1-5(2-4-6)8(11)12;1-3-2;1-2/h1-4H,(H,9,10);3H2,1-2H3;1-2H2. The van der Waals surface area contributed by atoms with Crippen LogP contribution in [0.25, 0.3) is 0 Å². The lowest BCUT2D eigenvalue weighted by atomic mass is 10.3. The first-order chi connectivity index (χ1) is 8.51. The highest BCUT2D eigenvalue weighted by molar-refractivity contribution is 5.61. The first-order valence-corrected chi connectivity index (χ1v) is 5.16. The first-order valence-electron chi connectivity index (χ1n) is 5.16. The molecule has 6 nitrogen and oxygen atoms in total. The summed E-state index contributed by atoms with van der Waals surface area (Å²) in [4.78, 5) is 19.6. The molecule has 1 aromatic rings. The lowest BCUT2D eigenvalue weighted by Gasteiger charge is -1.97. The number of carboxylic acid groups (broad SMARTS) is 1. The average Bonchev–Trinajstić information content (AvgIpc) is 2.32. The van der Waals surface area contributed by atoms with Crippen molar-refractivity contribution in [1.82, 2.24) is 0 Å². The third-order valence-corrected chi connectivity index (χ3v) is 1.25. The van der Waals surface area contributed by atoms with Gasteiger partial charge >= 0.3 is 6.16 Å². The van der Waals surface area contributed by atoms with Gasteiger partial charge in [0.1, 0.15) is 5.75 Å². The van der Waals surface area contributed by atoms with Crippen molar-refractivity contribution in [1.29, 1.82) is 0 Å². The highest BCUT2D eigenvalue weighted by atomic mass is 16.7. The summed E-state index contributed by atoms with van der Waals surface area (Å²) >= 11 is 0. The predicted molar refractivity (Wildman–Crippen MR) is 69.0 cm³/mol. The van der Waals surface area contributed by atoms with Crippen molar-refractivity contribution in [2.24, 2.45) is 0 Å². The van der Waals surface area contributed by atoms with Crippen LogP contribution in [0.2, 0.25) is 0 Å². The number of nitro benzene ring substituents is 1. The van der Waals surface area contributed by atoms with Crippen molar-refractivity contribution >= 4 is 11.8 Å². The monoisotopic (exact) mass is 255 g/mol. The average molecular weight is 255 g/mol. The Morgan fingerprint density at radius 3 is 2.00 bits per heavy atom. The van der Waals surface area contributed by atoms with E-state index in [0.717, 1.165) is 12.1 Å². The second-order valence-corrected chi connectivity index (χ2v) is 2.83. The summed E-state index contributed by atoms with van der Waals surface area (Å²) in [5.41, 5.74) is -0.113. The number of nitro groups is 1. The molecule has 0 aliphatic heterocycles. The van der Waals surface area contributed by atoms with Crippen LogP contribution in [0.3, 0.4) is 0 Å². The number of benzene rings is 1. The highest BCUT2D eigenvalue weighted by Gasteiger charge is 2.05. The zero-order chi connectivity index (χ0) is 14.6. The van der Waals surface area contributed by atoms with Gasteiger partial charge in [-0.15, -0.1) is 13.2 Å². The molecule has 0 heterocycles. The normalized spacial score (nSPS) is 7.89. The molecule has 1 rings (SSSR count). The molecule has 0 unspecified atom stereocenters. The predicted octanol–water partition coefficient (Wildman–Crippen LogP) is 3.87. The summed E-state index contributed by atoms with van der Waals surface area (Å²) in [5, 5.41) is 18.4. The maximum absolute atomic E-state index is 10.2. The minimum Gasteiger partial charge on any atom is -0.449 e. The summed E-state index contributed by atoms with van der Waals surface area (Å²) in [7, 11) is 0. The number of non-ortho nitro benzene ring substituents is 1. The summed E-state index contributed by atoms with van der Waals surface area (Å²) in [6.07, 6.45) is -0.200. The number of hydrogen-bond donors (Lipinski definition) is 1. The fraction of sp³-hybridized carbons (Fsp3) is 0.250. The van der Waals surface area contributed by atoms with Crippen molar-refractivity contribution in [3.8, 4) is 5.75 Å². The van der Waals surface area contributed by atoms with Crippen LogP contribution in [0.15, 0.2) is 37.4 Å². The van der Waals surface area contributed by atoms with Gasteiger partial charge in [0.05, 0.1) is 4.92 Å². The van der Waals surface area contributed by atoms with E-state index in [0.29, 0.717) is 0 Å². The van der Waals surface area contributed by atoms with E-state index in [1.54, 1.807) is 0 Å². The number of ether oxygens (including phenoxy) is 1. The molecule has 18 heavy (non-hydrogen) atoms. The number of nitrogens with zero attached hydrogens (tertiary/aromatic N) is 1. The van der Waals surface area contributed by atoms with Crippen LogP contribution < -0.4 is 4.74 Å². The largest absolute Gasteiger partial charge is 0.511 e. The minimum absolute atomic E-state index is 0.0538. The van der Waals surface area contributed by atoms with Crippen LogP contribution in [0, 0.1) is 10.1 Å². The molecule has 100 valence electrons. The Morgan fingerprint density at radius 1 is 1.33 bits per heavy atom. The van der Waals surface area contributed by atoms with Gasteiger partial charge in [-0.2, -0.15) is 0 Å². The van der Waals surface area contributed by atoms with Crippen LogP contribution in [0.4, 0.5) is 10.5 Å². The Kier molecular flexibility index (Phi) is 11.1. The molecule has 0 fully saturated rings. The van der Waals surface area contributed by atoms with Gasteiger partial charge in [0.25, 0.3) is 5.69 Å². The Balaban J connectivity index is 0. The van der Waals surface area contributed by atoms with E-state index in [4.69, 9.17) is 5.11 Å². The zero-order valence-corrected chi connectivity index (χ0v) is 10.5. The smallest absolute Gasteiger partial charge is 0.449 e. The molecular formula is C12H17NO5. The van der Waals surface area contributed by atoms with Crippen LogP contribution >= 0.6 is 0 Å². The second kappa shape index (κ2) is 11.1. The van der Waals surface area contributed by atoms with Gasteiger partial charge in [-0.25, -0.2) is 4.79 Å². The zero-order valence-electron chi connectivity index (χ0n) is 10.5. The Morgan fingerprint density at radius 2 is 1.72 bits per heavy atom. The summed E-state index contributed by atoms with van der Waals surface area (Å²) in [6, 6.07) is 4.76. The molecule has 0 bridgehead atoms. The Labute approximate surface area is 106 Å². The van der Waals surface area contributed by atoms with Crippen LogP contribution in [-0.2, 0) is 0 Å². The lowest BCUT2D eigenvalue weighted by Crippen LogP contribution is -2.02. The lowest BCUT2D eigenvalue weighted by molar-refractivity contribution is -0.384. The van der Waals surface area contributed by atoms with E-state index in [1.807, 2.05) is 0 Å². The first kappa shape index (κ1) is 18.0. The fourth-order valence-corrected chi connectivity index (χ4v) is 0.737. The van der Waals surface area contributed by atoms with E-state index in [2.05, 4.69) is 31.7 Å². The molecule has 0 atom stereocenters. The van der Waals surface area contributed by atoms with Gasteiger partial charge in [-0.1, -0.05) is 20.3 Å². The third kappa shape index (κ3) is 8.90. The van der Waals surface area contributed by atoms with E-state index in [-0.39, 0.29) is 11.4 Å². The number of rotatable bonds is 2. The van der Waals surface area contributed by atoms with Crippen LogP contribution in [0.1, 0.15) is 20.3 Å². The van der Waals surface area contributed by atoms with Crippen molar-refractivity contribution < 1.29 is 19.6 Å². The molecule has 0 amide bonds. The highest BCUT2D eigenvalue weighted by Crippen LogP contribution is 2.17. The SMILES string of the molecule is C=C.CCC.O=C(O)Oc1ccc([N+](=O)[O-])cc1. The summed E-state index contributed by atoms with van der Waals surface area (Å²) in [6.45, 7) is 10.2.